The van der Waals surface area contributed by atoms with Crippen molar-refractivity contribution >= 4 is 17.2 Å². The van der Waals surface area contributed by atoms with Crippen LogP contribution in [0.3, 0.4) is 0 Å². The van der Waals surface area contributed by atoms with Crippen molar-refractivity contribution in [2.24, 2.45) is 0 Å². The minimum atomic E-state index is -0.321. The number of amides is 1. The fourth-order valence-electron chi connectivity index (χ4n) is 1.54. The van der Waals surface area contributed by atoms with E-state index < -0.39 is 0 Å². The number of thiazole rings is 1. The van der Waals surface area contributed by atoms with Gasteiger partial charge in [0.05, 0.1) is 17.2 Å². The van der Waals surface area contributed by atoms with Gasteiger partial charge in [0.25, 0.3) is 5.91 Å². The Balaban J connectivity index is 2.12. The van der Waals surface area contributed by atoms with Crippen LogP contribution in [0.5, 0.6) is 5.75 Å². The summed E-state index contributed by atoms with van der Waals surface area (Å²) >= 11 is 1.54. The minimum Gasteiger partial charge on any atom is -0.505 e. The number of rotatable bonds is 3. The molecule has 0 bridgehead atoms. The molecule has 0 aliphatic heterocycles. The normalized spacial score (nSPS) is 10.3. The van der Waals surface area contributed by atoms with Gasteiger partial charge >= 0.3 is 0 Å². The maximum atomic E-state index is 12.1. The highest BCUT2D eigenvalue weighted by atomic mass is 32.1. The Hall–Kier alpha value is -1.95. The van der Waals surface area contributed by atoms with Crippen molar-refractivity contribution in [2.45, 2.75) is 13.5 Å². The maximum absolute atomic E-state index is 12.1. The maximum Gasteiger partial charge on any atom is 0.276 e. The summed E-state index contributed by atoms with van der Waals surface area (Å²) in [6, 6.07) is 3.02. The standard InChI is InChI=1S/C12H13N3O2S/c1-8-14-9(7-18-8)6-15(2)12(17)11-10(16)4-3-5-13-11/h3-5,7,16H,6H2,1-2H3. The summed E-state index contributed by atoms with van der Waals surface area (Å²) in [4.78, 5) is 21.7. The van der Waals surface area contributed by atoms with Gasteiger partial charge in [-0.05, 0) is 19.1 Å². The molecule has 2 heterocycles. The van der Waals surface area contributed by atoms with Crippen LogP contribution in [0.25, 0.3) is 0 Å². The second kappa shape index (κ2) is 5.14. The fourth-order valence-corrected chi connectivity index (χ4v) is 2.14. The summed E-state index contributed by atoms with van der Waals surface area (Å²) in [7, 11) is 1.66. The van der Waals surface area contributed by atoms with Crippen molar-refractivity contribution in [3.8, 4) is 5.75 Å². The molecule has 1 amide bonds. The first-order chi connectivity index (χ1) is 8.58. The lowest BCUT2D eigenvalue weighted by molar-refractivity contribution is 0.0774. The lowest BCUT2D eigenvalue weighted by atomic mass is 10.3. The molecule has 0 saturated carbocycles. The zero-order valence-electron chi connectivity index (χ0n) is 10.1. The van der Waals surface area contributed by atoms with E-state index in [2.05, 4.69) is 9.97 Å². The molecule has 18 heavy (non-hydrogen) atoms. The van der Waals surface area contributed by atoms with E-state index in [0.717, 1.165) is 10.7 Å². The Kier molecular flexibility index (Phi) is 3.57. The molecule has 2 aromatic heterocycles. The van der Waals surface area contributed by atoms with Crippen LogP contribution in [0.15, 0.2) is 23.7 Å². The average molecular weight is 263 g/mol. The molecule has 0 aliphatic carbocycles. The van der Waals surface area contributed by atoms with Gasteiger partial charge < -0.3 is 10.0 Å². The minimum absolute atomic E-state index is 0.0620. The molecule has 0 unspecified atom stereocenters. The zero-order valence-corrected chi connectivity index (χ0v) is 10.9. The molecule has 0 aliphatic rings. The molecule has 0 aromatic carbocycles. The largest absolute Gasteiger partial charge is 0.505 e. The molecule has 1 N–H and O–H groups in total. The SMILES string of the molecule is Cc1nc(CN(C)C(=O)c2ncccc2O)cs1. The number of hydrogen-bond donors (Lipinski definition) is 1. The Morgan fingerprint density at radius 3 is 2.94 bits per heavy atom. The van der Waals surface area contributed by atoms with Crippen LogP contribution in [0.1, 0.15) is 21.2 Å². The number of carbonyl (C=O) groups is 1. The summed E-state index contributed by atoms with van der Waals surface area (Å²) in [6.45, 7) is 2.32. The van der Waals surface area contributed by atoms with Crippen LogP contribution < -0.4 is 0 Å². The summed E-state index contributed by atoms with van der Waals surface area (Å²) in [6.07, 6.45) is 1.48. The molecule has 2 rings (SSSR count). The second-order valence-electron chi connectivity index (χ2n) is 3.89. The van der Waals surface area contributed by atoms with Gasteiger partial charge in [-0.2, -0.15) is 0 Å². The molecule has 2 aromatic rings. The predicted octanol–water partition coefficient (Wildman–Crippen LogP) is 1.82. The van der Waals surface area contributed by atoms with E-state index in [9.17, 15) is 9.90 Å². The van der Waals surface area contributed by atoms with Gasteiger partial charge in [-0.1, -0.05) is 0 Å². The number of aromatic nitrogens is 2. The first kappa shape index (κ1) is 12.5. The molecule has 0 saturated heterocycles. The number of aromatic hydroxyl groups is 1. The van der Waals surface area contributed by atoms with Gasteiger partial charge in [0.2, 0.25) is 0 Å². The van der Waals surface area contributed by atoms with Crippen LogP contribution in [0, 0.1) is 6.92 Å². The smallest absolute Gasteiger partial charge is 0.276 e. The van der Waals surface area contributed by atoms with E-state index in [1.807, 2.05) is 12.3 Å². The topological polar surface area (TPSA) is 66.3 Å². The first-order valence-electron chi connectivity index (χ1n) is 5.38. The van der Waals surface area contributed by atoms with Gasteiger partial charge in [0, 0.05) is 18.6 Å². The van der Waals surface area contributed by atoms with E-state index in [-0.39, 0.29) is 17.4 Å². The number of nitrogens with zero attached hydrogens (tertiary/aromatic N) is 3. The van der Waals surface area contributed by atoms with Crippen LogP contribution >= 0.6 is 11.3 Å². The van der Waals surface area contributed by atoms with Crippen LogP contribution in [0.2, 0.25) is 0 Å². The third kappa shape index (κ3) is 2.65. The number of pyridine rings is 1. The fraction of sp³-hybridized carbons (Fsp3) is 0.250. The lowest BCUT2D eigenvalue weighted by Gasteiger charge is -2.15. The predicted molar refractivity (Wildman–Crippen MR) is 68.6 cm³/mol. The van der Waals surface area contributed by atoms with Gasteiger partial charge in [-0.15, -0.1) is 11.3 Å². The Bertz CT molecular complexity index is 568. The zero-order chi connectivity index (χ0) is 13.1. The molecule has 0 fully saturated rings. The Morgan fingerprint density at radius 1 is 1.56 bits per heavy atom. The summed E-state index contributed by atoms with van der Waals surface area (Å²) in [5.41, 5.74) is 0.899. The van der Waals surface area contributed by atoms with Gasteiger partial charge in [-0.3, -0.25) is 4.79 Å². The van der Waals surface area contributed by atoms with Gasteiger partial charge in [0.15, 0.2) is 5.69 Å². The molecular weight excluding hydrogens is 250 g/mol. The number of aryl methyl sites for hydroxylation is 1. The van der Waals surface area contributed by atoms with Crippen molar-refractivity contribution in [2.75, 3.05) is 7.05 Å². The van der Waals surface area contributed by atoms with Crippen molar-refractivity contribution in [3.05, 3.63) is 40.1 Å². The van der Waals surface area contributed by atoms with E-state index in [0.29, 0.717) is 6.54 Å². The first-order valence-corrected chi connectivity index (χ1v) is 6.26. The van der Waals surface area contributed by atoms with E-state index in [4.69, 9.17) is 0 Å². The van der Waals surface area contributed by atoms with Crippen molar-refractivity contribution in [1.82, 2.24) is 14.9 Å². The highest BCUT2D eigenvalue weighted by Gasteiger charge is 2.17. The number of carbonyl (C=O) groups excluding carboxylic acids is 1. The third-order valence-corrected chi connectivity index (χ3v) is 3.22. The van der Waals surface area contributed by atoms with Gasteiger partial charge in [0.1, 0.15) is 5.75 Å². The molecular formula is C12H13N3O2S. The monoisotopic (exact) mass is 263 g/mol. The summed E-state index contributed by atoms with van der Waals surface area (Å²) in [5, 5.41) is 12.5. The Morgan fingerprint density at radius 2 is 2.33 bits per heavy atom. The molecule has 6 heteroatoms. The highest BCUT2D eigenvalue weighted by Crippen LogP contribution is 2.16. The average Bonchev–Trinajstić information content (AvgIpc) is 2.74. The van der Waals surface area contributed by atoms with Crippen LogP contribution in [-0.2, 0) is 6.54 Å². The van der Waals surface area contributed by atoms with E-state index >= 15 is 0 Å². The molecule has 94 valence electrons. The second-order valence-corrected chi connectivity index (χ2v) is 4.95. The molecule has 5 nitrogen and oxygen atoms in total. The Labute approximate surface area is 109 Å². The quantitative estimate of drug-likeness (QED) is 0.917. The molecule has 0 spiro atoms. The number of hydrogen-bond acceptors (Lipinski definition) is 5. The van der Waals surface area contributed by atoms with Gasteiger partial charge in [-0.25, -0.2) is 9.97 Å². The van der Waals surface area contributed by atoms with Crippen LogP contribution in [0.4, 0.5) is 0 Å². The summed E-state index contributed by atoms with van der Waals surface area (Å²) in [5.74, 6) is -0.428. The van der Waals surface area contributed by atoms with Crippen LogP contribution in [-0.4, -0.2) is 32.9 Å². The highest BCUT2D eigenvalue weighted by molar-refractivity contribution is 7.09. The van der Waals surface area contributed by atoms with E-state index in [1.54, 1.807) is 24.5 Å². The van der Waals surface area contributed by atoms with Crippen molar-refractivity contribution < 1.29 is 9.90 Å². The summed E-state index contributed by atoms with van der Waals surface area (Å²) < 4.78 is 0. The lowest BCUT2D eigenvalue weighted by Crippen LogP contribution is -2.27. The molecule has 0 radical (unpaired) electrons. The van der Waals surface area contributed by atoms with E-state index in [1.165, 1.54) is 17.2 Å². The molecule has 0 atom stereocenters. The van der Waals surface area contributed by atoms with Crippen molar-refractivity contribution in [1.29, 1.82) is 0 Å². The van der Waals surface area contributed by atoms with Crippen molar-refractivity contribution in [3.63, 3.8) is 0 Å². The third-order valence-electron chi connectivity index (χ3n) is 2.40.